The van der Waals surface area contributed by atoms with Crippen LogP contribution >= 0.6 is 0 Å². The fourth-order valence-electron chi connectivity index (χ4n) is 16.6. The van der Waals surface area contributed by atoms with Gasteiger partial charge >= 0.3 is 34.9 Å². The summed E-state index contributed by atoms with van der Waals surface area (Å²) in [4.78, 5) is 93.1. The molecule has 15 rings (SSSR count). The van der Waals surface area contributed by atoms with E-state index in [1.807, 2.05) is 19.9 Å². The summed E-state index contributed by atoms with van der Waals surface area (Å²) in [5.74, 6) is -0.440. The van der Waals surface area contributed by atoms with E-state index >= 15 is 0 Å². The Labute approximate surface area is 752 Å². The first kappa shape index (κ1) is 101. The molecule has 8 aliphatic rings. The number of carbonyl (C=O) groups is 7. The predicted molar refractivity (Wildman–Crippen MR) is 477 cm³/mol. The molecule has 39 heteroatoms. The molecule has 0 saturated carbocycles. The summed E-state index contributed by atoms with van der Waals surface area (Å²) >= 11 is 0. The Bertz CT molecular complexity index is 6100. The van der Waals surface area contributed by atoms with Gasteiger partial charge in [0.2, 0.25) is 0 Å². The number of likely N-dealkylation sites (tertiary alicyclic amines) is 3. The Morgan fingerprint density at radius 3 is 1.18 bits per heavy atom. The summed E-state index contributed by atoms with van der Waals surface area (Å²) in [6, 6.07) is 48.1. The number of Topliss-reactive ketones (excluding diaryl/α,β-unsaturated/α-hetero) is 3. The van der Waals surface area contributed by atoms with E-state index in [2.05, 4.69) is 5.32 Å². The van der Waals surface area contributed by atoms with Gasteiger partial charge in [-0.15, -0.1) is 0 Å². The van der Waals surface area contributed by atoms with E-state index in [9.17, 15) is 97.2 Å². The molecule has 3 N–H and O–H groups in total. The van der Waals surface area contributed by atoms with Gasteiger partial charge in [0.1, 0.15) is 21.7 Å². The summed E-state index contributed by atoms with van der Waals surface area (Å²) in [7, 11) is -24.9. The number of fused-ring (bicyclic) bond motifs is 4. The van der Waals surface area contributed by atoms with Crippen LogP contribution in [0.2, 0.25) is 0 Å². The van der Waals surface area contributed by atoms with Gasteiger partial charge in [0.05, 0.1) is 45.3 Å². The van der Waals surface area contributed by atoms with Crippen molar-refractivity contribution in [1.82, 2.24) is 24.9 Å². The first-order valence-corrected chi connectivity index (χ1v) is 51.2. The molecule has 7 aromatic carbocycles. The lowest BCUT2D eigenvalue weighted by molar-refractivity contribution is -0.0444. The first-order valence-electron chi connectivity index (χ1n) is 41.9. The van der Waals surface area contributed by atoms with Gasteiger partial charge in [-0.05, 0) is 198 Å². The van der Waals surface area contributed by atoms with Crippen LogP contribution in [0.4, 0.5) is 22.8 Å². The lowest BCUT2D eigenvalue weighted by atomic mass is 9.80. The summed E-state index contributed by atoms with van der Waals surface area (Å²) in [6.07, 6.45) is 3.80. The Hall–Kier alpha value is -10.00. The largest absolute Gasteiger partial charge is 0.497 e. The van der Waals surface area contributed by atoms with E-state index in [-0.39, 0.29) is 155 Å². The molecule has 8 aliphatic heterocycles. The molecule has 4 amide bonds. The highest BCUT2D eigenvalue weighted by molar-refractivity contribution is 7.94. The zero-order valence-corrected chi connectivity index (χ0v) is 78.0. The number of alkyl halides is 3. The number of nitrogens with zero attached hydrogens (tertiary/aromatic N) is 4. The van der Waals surface area contributed by atoms with Crippen LogP contribution in [-0.4, -0.2) is 236 Å². The van der Waals surface area contributed by atoms with Gasteiger partial charge in [0.15, 0.2) is 56.7 Å². The molecule has 29 nitrogen and oxygen atoms in total. The molecule has 7 aromatic rings. The maximum atomic E-state index is 13.4. The van der Waals surface area contributed by atoms with Crippen LogP contribution in [-0.2, 0) is 73.0 Å². The van der Waals surface area contributed by atoms with Crippen LogP contribution < -0.4 is 10.8 Å². The van der Waals surface area contributed by atoms with Crippen LogP contribution in [0.25, 0.3) is 5.76 Å². The van der Waals surface area contributed by atoms with Crippen LogP contribution in [0.15, 0.2) is 208 Å². The van der Waals surface area contributed by atoms with Crippen molar-refractivity contribution in [3.8, 4) is 0 Å². The number of carbonyl (C=O) groups excluding carboxylic acids is 7. The molecule has 0 aromatic heterocycles. The smallest absolute Gasteiger partial charge is 0.444 e. The Kier molecular flexibility index (Phi) is 31.0. The minimum absolute atomic E-state index is 0.000284. The topological polar surface area (TPSA) is 417 Å². The number of ketones is 3. The fourth-order valence-corrected chi connectivity index (χ4v) is 26.9. The summed E-state index contributed by atoms with van der Waals surface area (Å²) < 4.78 is 199. The zero-order chi connectivity index (χ0) is 95.1. The number of hydrogen-bond acceptors (Lipinski definition) is 25. The second-order valence-corrected chi connectivity index (χ2v) is 47.6. The second kappa shape index (κ2) is 39.6. The molecule has 0 aliphatic carbocycles. The van der Waals surface area contributed by atoms with Crippen molar-refractivity contribution in [2.75, 3.05) is 71.7 Å². The molecular weight excluding hydrogens is 1800 g/mol. The lowest BCUT2D eigenvalue weighted by Crippen LogP contribution is -2.54. The standard InChI is InChI=1S/C20H19NO4S.C19H25NO7S2.C18H23NO5S.C13H15NO3S.C11H16BNO3.C9H9F3O2S/c22-17-14-20(26(24,25)18-9-5-4-8-16(17)18)10-12-21(13-11-20)19(23)15-6-2-1-3-7-15;1-18(2,3)26-17(21)20-11-9-19(10-12-20)13-15(27-28(4,22)23)14-7-5-6-8-16(14)29(19,24)25;1-17(2,3)24-16(21)19-10-8-18(9-11-19)12-14(20)13-6-4-5-7-15(13)25(18,22)23;15-11-9-13(5-7-14-8-6-13)18(16,17)12-4-2-1-3-10(11)12;1-3-13(4-2)11(14)9-5-7-10(8-6-9)12(15)16;1-7(8-5-3-2-4-6-8)15(13,14)9(10,11)12/h1-9H,10-14H2;5-8,13H,9-12H2,1-4H3;4-7H,8-12H2,1-3H3;1-4,14H,5-9H2;5-8,15-16H,3-4H2,1-2H3;2-7H,1H3. The van der Waals surface area contributed by atoms with Crippen LogP contribution in [0.3, 0.4) is 0 Å². The minimum Gasteiger partial charge on any atom is -0.444 e. The van der Waals surface area contributed by atoms with Gasteiger partial charge in [-0.1, -0.05) is 127 Å². The third kappa shape index (κ3) is 22.1. The van der Waals surface area contributed by atoms with Crippen molar-refractivity contribution in [1.29, 1.82) is 0 Å². The highest BCUT2D eigenvalue weighted by Gasteiger charge is 2.57. The average molecular weight is 1900 g/mol. The molecule has 1 atom stereocenters. The maximum Gasteiger partial charge on any atom is 0.497 e. The Morgan fingerprint density at radius 1 is 0.473 bits per heavy atom. The van der Waals surface area contributed by atoms with E-state index in [1.165, 1.54) is 64.4 Å². The quantitative estimate of drug-likeness (QED) is 0.0892. The molecule has 696 valence electrons. The molecule has 8 heterocycles. The van der Waals surface area contributed by atoms with Crippen LogP contribution in [0, 0.1) is 0 Å². The van der Waals surface area contributed by atoms with Crippen molar-refractivity contribution in [3.63, 3.8) is 0 Å². The van der Waals surface area contributed by atoms with E-state index in [1.54, 1.807) is 179 Å². The fraction of sp³-hybridized carbons (Fsp3) is 0.433. The molecule has 129 heavy (non-hydrogen) atoms. The van der Waals surface area contributed by atoms with E-state index in [4.69, 9.17) is 23.7 Å². The third-order valence-corrected chi connectivity index (χ3v) is 36.6. The normalized spacial score (nSPS) is 19.4. The predicted octanol–water partition coefficient (Wildman–Crippen LogP) is 11.8. The highest BCUT2D eigenvalue weighted by atomic mass is 32.2. The number of rotatable bonds is 9. The van der Waals surface area contributed by atoms with Crippen molar-refractivity contribution in [3.05, 3.63) is 227 Å². The van der Waals surface area contributed by atoms with Gasteiger partial charge in [-0.2, -0.15) is 21.6 Å². The van der Waals surface area contributed by atoms with Crippen molar-refractivity contribution < 1.29 is 121 Å². The summed E-state index contributed by atoms with van der Waals surface area (Å²) in [5, 5.41) is 19.4. The van der Waals surface area contributed by atoms with Gasteiger partial charge in [-0.3, -0.25) is 24.0 Å². The van der Waals surface area contributed by atoms with Crippen molar-refractivity contribution >= 4 is 119 Å². The number of hydrogen-bond donors (Lipinski definition) is 3. The number of nitrogens with one attached hydrogen (secondary N) is 1. The first-order chi connectivity index (χ1) is 60.2. The number of halogens is 3. The number of ether oxygens (including phenoxy) is 2. The Morgan fingerprint density at radius 2 is 0.814 bits per heavy atom. The second-order valence-electron chi connectivity index (χ2n) is 34.6. The number of benzene rings is 7. The van der Waals surface area contributed by atoms with Crippen molar-refractivity contribution in [2.24, 2.45) is 0 Å². The number of sulfone groups is 5. The number of piperidine rings is 4. The van der Waals surface area contributed by atoms with Gasteiger partial charge in [0, 0.05) is 105 Å². The zero-order valence-electron chi connectivity index (χ0n) is 73.1. The SMILES string of the molecule is CC(C)(C)OC(=O)N1CCC2(C=C(OS(C)(=O)=O)c3ccccc3S2(=O)=O)CC1.CC(C)(C)OC(=O)N1CCC2(CC1)CC(=O)c1ccccc1S2(=O)=O.CC(c1ccccc1)S(=O)(=O)C(F)(F)F.CCN(CC)C(=O)c1ccc(B(O)O)cc1.O=C1CC2(CCN(C(=O)c3ccccc3)CC2)S(=O)(=O)c2ccccc21.O=C1CC2(CCNCC2)S(=O)(=O)c2ccccc21. The minimum atomic E-state index is -5.21. The molecular formula is C90H107BF3N5O24S6. The molecule has 1 unspecified atom stereocenters. The van der Waals surface area contributed by atoms with Crippen molar-refractivity contribution in [2.45, 2.75) is 193 Å². The van der Waals surface area contributed by atoms with E-state index in [0.29, 0.717) is 79.8 Å². The lowest BCUT2D eigenvalue weighted by Gasteiger charge is -2.43. The van der Waals surface area contributed by atoms with E-state index in [0.717, 1.165) is 13.2 Å². The van der Waals surface area contributed by atoms with Gasteiger partial charge in [0.25, 0.3) is 21.7 Å². The summed E-state index contributed by atoms with van der Waals surface area (Å²) in [5.41, 5.74) is -3.63. The molecule has 0 radical (unpaired) electrons. The molecule has 4 fully saturated rings. The van der Waals surface area contributed by atoms with Crippen LogP contribution in [0.5, 0.6) is 0 Å². The Balaban J connectivity index is 0.000000164. The molecule has 4 spiro atoms. The van der Waals surface area contributed by atoms with Gasteiger partial charge in [-0.25, -0.2) is 51.7 Å². The number of amides is 4. The monoisotopic (exact) mass is 1900 g/mol. The summed E-state index contributed by atoms with van der Waals surface area (Å²) in [6.45, 7) is 19.7. The molecule has 0 bridgehead atoms. The molecule has 4 saturated heterocycles. The third-order valence-electron chi connectivity index (χ3n) is 23.9. The average Bonchev–Trinajstić information content (AvgIpc) is 0.739. The maximum absolute atomic E-state index is 13.4. The van der Waals surface area contributed by atoms with E-state index < -0.39 is 120 Å². The van der Waals surface area contributed by atoms with Gasteiger partial charge < -0.3 is 48.6 Å². The van der Waals surface area contributed by atoms with Crippen LogP contribution in [0.1, 0.15) is 201 Å². The highest BCUT2D eigenvalue weighted by Crippen LogP contribution is 2.49.